The topological polar surface area (TPSA) is 112 Å². The molecule has 174 valence electrons. The fourth-order valence-electron chi connectivity index (χ4n) is 4.30. The van der Waals surface area contributed by atoms with Crippen molar-refractivity contribution in [2.75, 3.05) is 18.6 Å². The highest BCUT2D eigenvalue weighted by Crippen LogP contribution is 2.42. The highest BCUT2D eigenvalue weighted by atomic mass is 16.5. The molecule has 0 bridgehead atoms. The van der Waals surface area contributed by atoms with Gasteiger partial charge in [0.1, 0.15) is 5.82 Å². The molecule has 0 radical (unpaired) electrons. The highest BCUT2D eigenvalue weighted by molar-refractivity contribution is 6.05. The number of nitrogens with zero attached hydrogens (tertiary/aromatic N) is 2. The summed E-state index contributed by atoms with van der Waals surface area (Å²) in [4.78, 5) is 31.2. The maximum absolute atomic E-state index is 13.1. The first-order valence-corrected chi connectivity index (χ1v) is 11.1. The van der Waals surface area contributed by atoms with Crippen molar-refractivity contribution in [1.29, 1.82) is 0 Å². The van der Waals surface area contributed by atoms with Gasteiger partial charge in [0.15, 0.2) is 0 Å². The lowest BCUT2D eigenvalue weighted by Crippen LogP contribution is -2.42. The van der Waals surface area contributed by atoms with E-state index in [2.05, 4.69) is 18.8 Å². The number of esters is 1. The SMILES string of the molecule is COC(=O)C1=C(c2ccc(C)cc2)C(CN)=C(CC(C)C)N(c2ccc(C(N)=O)cn2)C1C. The quantitative estimate of drug-likeness (QED) is 0.626. The number of hydrogen-bond donors (Lipinski definition) is 2. The third-order valence-electron chi connectivity index (χ3n) is 5.85. The van der Waals surface area contributed by atoms with Gasteiger partial charge in [-0.05, 0) is 49.5 Å². The number of aromatic nitrogens is 1. The number of amides is 1. The van der Waals surface area contributed by atoms with Gasteiger partial charge < -0.3 is 21.1 Å². The number of ether oxygens (including phenoxy) is 1. The maximum Gasteiger partial charge on any atom is 0.336 e. The van der Waals surface area contributed by atoms with E-state index in [4.69, 9.17) is 16.2 Å². The van der Waals surface area contributed by atoms with Crippen molar-refractivity contribution in [2.24, 2.45) is 17.4 Å². The van der Waals surface area contributed by atoms with Crippen LogP contribution in [0, 0.1) is 12.8 Å². The molecule has 33 heavy (non-hydrogen) atoms. The van der Waals surface area contributed by atoms with Crippen molar-refractivity contribution < 1.29 is 14.3 Å². The standard InChI is InChI=1S/C26H32N4O3/c1-15(2)12-21-20(13-27)24(18-8-6-16(3)7-9-18)23(26(32)33-5)17(4)30(21)22-11-10-19(14-29-22)25(28)31/h6-11,14-15,17H,12-13,27H2,1-5H3,(H2,28,31). The molecule has 2 aromatic rings. The average Bonchev–Trinajstić information content (AvgIpc) is 2.78. The van der Waals surface area contributed by atoms with Crippen LogP contribution in [0.5, 0.6) is 0 Å². The van der Waals surface area contributed by atoms with Crippen molar-refractivity contribution in [3.05, 3.63) is 76.1 Å². The van der Waals surface area contributed by atoms with E-state index in [0.717, 1.165) is 34.4 Å². The average molecular weight is 449 g/mol. The van der Waals surface area contributed by atoms with Crippen LogP contribution in [0.15, 0.2) is 59.4 Å². The van der Waals surface area contributed by atoms with Crippen LogP contribution in [0.1, 0.15) is 48.7 Å². The number of nitrogens with two attached hydrogens (primary N) is 2. The van der Waals surface area contributed by atoms with Gasteiger partial charge >= 0.3 is 5.97 Å². The first-order chi connectivity index (χ1) is 15.7. The molecule has 1 unspecified atom stereocenters. The number of methoxy groups -OCH3 is 1. The normalized spacial score (nSPS) is 16.5. The third-order valence-corrected chi connectivity index (χ3v) is 5.85. The van der Waals surface area contributed by atoms with E-state index in [0.29, 0.717) is 22.9 Å². The molecule has 0 saturated heterocycles. The number of carbonyl (C=O) groups excluding carboxylic acids is 2. The van der Waals surface area contributed by atoms with Gasteiger partial charge in [0.05, 0.1) is 24.3 Å². The maximum atomic E-state index is 13.1. The summed E-state index contributed by atoms with van der Waals surface area (Å²) >= 11 is 0. The lowest BCUT2D eigenvalue weighted by atomic mass is 9.82. The fourth-order valence-corrected chi connectivity index (χ4v) is 4.30. The predicted octanol–water partition coefficient (Wildman–Crippen LogP) is 3.58. The van der Waals surface area contributed by atoms with Crippen molar-refractivity contribution >= 4 is 23.3 Å². The van der Waals surface area contributed by atoms with E-state index in [1.807, 2.05) is 43.0 Å². The summed E-state index contributed by atoms with van der Waals surface area (Å²) in [7, 11) is 1.38. The second-order valence-electron chi connectivity index (χ2n) is 8.69. The lowest BCUT2D eigenvalue weighted by molar-refractivity contribution is -0.136. The second-order valence-corrected chi connectivity index (χ2v) is 8.69. The Morgan fingerprint density at radius 1 is 1.15 bits per heavy atom. The van der Waals surface area contributed by atoms with Crippen molar-refractivity contribution in [3.8, 4) is 0 Å². The molecular formula is C26H32N4O3. The van der Waals surface area contributed by atoms with Gasteiger partial charge in [-0.25, -0.2) is 9.78 Å². The van der Waals surface area contributed by atoms with Crippen LogP contribution in [0.2, 0.25) is 0 Å². The zero-order chi connectivity index (χ0) is 24.3. The summed E-state index contributed by atoms with van der Waals surface area (Å²) in [6, 6.07) is 11.1. The number of primary amides is 1. The Kier molecular flexibility index (Phi) is 7.33. The molecule has 0 spiro atoms. The van der Waals surface area contributed by atoms with E-state index in [-0.39, 0.29) is 12.6 Å². The molecule has 1 amide bonds. The van der Waals surface area contributed by atoms with Gasteiger partial charge in [-0.15, -0.1) is 0 Å². The minimum absolute atomic E-state index is 0.244. The summed E-state index contributed by atoms with van der Waals surface area (Å²) in [6.07, 6.45) is 2.19. The monoisotopic (exact) mass is 448 g/mol. The summed E-state index contributed by atoms with van der Waals surface area (Å²) in [5.41, 5.74) is 17.3. The number of hydrogen-bond acceptors (Lipinski definition) is 6. The third kappa shape index (κ3) is 4.83. The molecule has 4 N–H and O–H groups in total. The van der Waals surface area contributed by atoms with Crippen molar-refractivity contribution in [1.82, 2.24) is 4.98 Å². The Morgan fingerprint density at radius 3 is 2.30 bits per heavy atom. The summed E-state index contributed by atoms with van der Waals surface area (Å²) in [5, 5.41) is 0. The molecule has 2 heterocycles. The van der Waals surface area contributed by atoms with Crippen molar-refractivity contribution in [3.63, 3.8) is 0 Å². The van der Waals surface area contributed by atoms with E-state index in [1.165, 1.54) is 13.3 Å². The van der Waals surface area contributed by atoms with Gasteiger partial charge in [0.2, 0.25) is 5.91 Å². The number of benzene rings is 1. The molecule has 1 aromatic carbocycles. The Hall–Kier alpha value is -3.45. The van der Waals surface area contributed by atoms with Crippen LogP contribution < -0.4 is 16.4 Å². The fraction of sp³-hybridized carbons (Fsp3) is 0.346. The molecule has 0 aliphatic carbocycles. The molecule has 1 aliphatic heterocycles. The van der Waals surface area contributed by atoms with Gasteiger partial charge in [-0.1, -0.05) is 43.7 Å². The van der Waals surface area contributed by atoms with E-state index in [1.54, 1.807) is 12.1 Å². The van der Waals surface area contributed by atoms with Crippen LogP contribution in [0.4, 0.5) is 5.82 Å². The number of carbonyl (C=O) groups is 2. The Morgan fingerprint density at radius 2 is 1.82 bits per heavy atom. The first kappa shape index (κ1) is 24.2. The molecule has 1 aliphatic rings. The second kappa shape index (κ2) is 10.0. The Labute approximate surface area is 195 Å². The van der Waals surface area contributed by atoms with Crippen molar-refractivity contribution in [2.45, 2.75) is 40.2 Å². The molecular weight excluding hydrogens is 416 g/mol. The first-order valence-electron chi connectivity index (χ1n) is 11.1. The molecule has 7 heteroatoms. The van der Waals surface area contributed by atoms with E-state index >= 15 is 0 Å². The molecule has 1 aromatic heterocycles. The minimum Gasteiger partial charge on any atom is -0.466 e. The minimum atomic E-state index is -0.543. The van der Waals surface area contributed by atoms with Gasteiger partial charge in [-0.3, -0.25) is 4.79 Å². The van der Waals surface area contributed by atoms with Gasteiger partial charge in [0.25, 0.3) is 0 Å². The zero-order valence-corrected chi connectivity index (χ0v) is 19.9. The zero-order valence-electron chi connectivity index (χ0n) is 19.9. The number of pyridine rings is 1. The Balaban J connectivity index is 2.31. The predicted molar refractivity (Wildman–Crippen MR) is 130 cm³/mol. The van der Waals surface area contributed by atoms with Crippen LogP contribution in [-0.4, -0.2) is 36.6 Å². The summed E-state index contributed by atoms with van der Waals surface area (Å²) in [5.74, 6) is -0.0111. The number of anilines is 1. The van der Waals surface area contributed by atoms with Gasteiger partial charge in [0, 0.05) is 24.0 Å². The smallest absolute Gasteiger partial charge is 0.336 e. The number of allylic oxidation sites excluding steroid dienone is 1. The molecule has 1 atom stereocenters. The van der Waals surface area contributed by atoms with Crippen LogP contribution in [-0.2, 0) is 9.53 Å². The van der Waals surface area contributed by atoms with Crippen LogP contribution >= 0.6 is 0 Å². The molecule has 0 saturated carbocycles. The number of rotatable bonds is 7. The molecule has 7 nitrogen and oxygen atoms in total. The Bertz CT molecular complexity index is 1100. The molecule has 0 fully saturated rings. The highest BCUT2D eigenvalue weighted by Gasteiger charge is 2.37. The summed E-state index contributed by atoms with van der Waals surface area (Å²) in [6.45, 7) is 8.50. The van der Waals surface area contributed by atoms with E-state index < -0.39 is 11.9 Å². The number of aryl methyl sites for hydroxylation is 1. The largest absolute Gasteiger partial charge is 0.466 e. The lowest BCUT2D eigenvalue weighted by Gasteiger charge is -2.41. The van der Waals surface area contributed by atoms with Gasteiger partial charge in [-0.2, -0.15) is 0 Å². The van der Waals surface area contributed by atoms with Crippen LogP contribution in [0.3, 0.4) is 0 Å². The molecule has 3 rings (SSSR count). The van der Waals surface area contributed by atoms with E-state index in [9.17, 15) is 9.59 Å². The van der Waals surface area contributed by atoms with Crippen LogP contribution in [0.25, 0.3) is 5.57 Å². The summed E-state index contributed by atoms with van der Waals surface area (Å²) < 4.78 is 5.21.